The molecule has 0 spiro atoms. The lowest BCUT2D eigenvalue weighted by Gasteiger charge is -2.34. The number of amides is 1. The van der Waals surface area contributed by atoms with Crippen LogP contribution in [0.3, 0.4) is 0 Å². The number of hydrogen-bond donors (Lipinski definition) is 3. The molecule has 2 aliphatic heterocycles. The first-order valence-corrected chi connectivity index (χ1v) is 11.0. The zero-order valence-corrected chi connectivity index (χ0v) is 18.1. The number of halogens is 1. The van der Waals surface area contributed by atoms with Gasteiger partial charge in [0.25, 0.3) is 5.91 Å². The molecule has 1 fully saturated rings. The van der Waals surface area contributed by atoms with Crippen LogP contribution in [0.5, 0.6) is 5.75 Å². The number of aromatic nitrogens is 3. The van der Waals surface area contributed by atoms with Crippen LogP contribution in [0.1, 0.15) is 28.8 Å². The summed E-state index contributed by atoms with van der Waals surface area (Å²) < 4.78 is 7.34. The highest BCUT2D eigenvalue weighted by Gasteiger charge is 2.28. The SMILES string of the molecule is O=C(Nc1cc2c(cc1N1CCC(CO)CC1)OC(CO)C2)c1cnn2cc(Cl)cnc12. The fraction of sp³-hybridized carbons (Fsp3) is 0.409. The average Bonchev–Trinajstić information content (AvgIpc) is 3.41. The summed E-state index contributed by atoms with van der Waals surface area (Å²) in [5.41, 5.74) is 3.24. The predicted molar refractivity (Wildman–Crippen MR) is 120 cm³/mol. The van der Waals surface area contributed by atoms with Crippen molar-refractivity contribution >= 4 is 34.5 Å². The zero-order chi connectivity index (χ0) is 22.2. The lowest BCUT2D eigenvalue weighted by atomic mass is 9.97. The summed E-state index contributed by atoms with van der Waals surface area (Å²) in [7, 11) is 0. The Bertz CT molecular complexity index is 1160. The molecule has 168 valence electrons. The molecule has 9 nitrogen and oxygen atoms in total. The van der Waals surface area contributed by atoms with Gasteiger partial charge in [-0.1, -0.05) is 11.6 Å². The first-order valence-electron chi connectivity index (χ1n) is 10.7. The minimum absolute atomic E-state index is 0.0653. The topological polar surface area (TPSA) is 112 Å². The van der Waals surface area contributed by atoms with Crippen molar-refractivity contribution in [3.8, 4) is 5.75 Å². The Kier molecular flexibility index (Phi) is 5.62. The van der Waals surface area contributed by atoms with E-state index >= 15 is 0 Å². The minimum Gasteiger partial charge on any atom is -0.487 e. The van der Waals surface area contributed by atoms with Gasteiger partial charge in [0.1, 0.15) is 17.4 Å². The number of benzene rings is 1. The van der Waals surface area contributed by atoms with E-state index in [2.05, 4.69) is 20.3 Å². The third-order valence-corrected chi connectivity index (χ3v) is 6.35. The molecular weight excluding hydrogens is 434 g/mol. The number of piperidine rings is 1. The molecule has 2 aromatic heterocycles. The summed E-state index contributed by atoms with van der Waals surface area (Å²) in [6.07, 6.45) is 6.60. The molecule has 0 saturated carbocycles. The van der Waals surface area contributed by atoms with Crippen molar-refractivity contribution in [1.82, 2.24) is 14.6 Å². The largest absolute Gasteiger partial charge is 0.487 e. The predicted octanol–water partition coefficient (Wildman–Crippen LogP) is 2.14. The summed E-state index contributed by atoms with van der Waals surface area (Å²) >= 11 is 5.97. The van der Waals surface area contributed by atoms with E-state index in [0.717, 1.165) is 42.9 Å². The van der Waals surface area contributed by atoms with Crippen molar-refractivity contribution in [2.45, 2.75) is 25.4 Å². The molecule has 3 aromatic rings. The molecule has 1 atom stereocenters. The van der Waals surface area contributed by atoms with E-state index in [1.165, 1.54) is 16.9 Å². The number of hydrogen-bond acceptors (Lipinski definition) is 7. The van der Waals surface area contributed by atoms with Crippen molar-refractivity contribution < 1.29 is 19.7 Å². The van der Waals surface area contributed by atoms with Crippen LogP contribution in [0.2, 0.25) is 5.02 Å². The number of carbonyl (C=O) groups excluding carboxylic acids is 1. The quantitative estimate of drug-likeness (QED) is 0.538. The Morgan fingerprint density at radius 3 is 2.78 bits per heavy atom. The first kappa shape index (κ1) is 21.0. The van der Waals surface area contributed by atoms with E-state index in [0.29, 0.717) is 34.3 Å². The molecule has 5 rings (SSSR count). The van der Waals surface area contributed by atoms with Crippen molar-refractivity contribution in [3.05, 3.63) is 46.9 Å². The smallest absolute Gasteiger partial charge is 0.261 e. The Morgan fingerprint density at radius 1 is 1.22 bits per heavy atom. The van der Waals surface area contributed by atoms with Gasteiger partial charge in [-0.2, -0.15) is 5.10 Å². The highest BCUT2D eigenvalue weighted by atomic mass is 35.5. The Labute approximate surface area is 189 Å². The first-order chi connectivity index (χ1) is 15.6. The van der Waals surface area contributed by atoms with E-state index in [9.17, 15) is 15.0 Å². The molecule has 0 radical (unpaired) electrons. The number of anilines is 2. The van der Waals surface area contributed by atoms with Crippen LogP contribution < -0.4 is 15.0 Å². The zero-order valence-electron chi connectivity index (χ0n) is 17.4. The summed E-state index contributed by atoms with van der Waals surface area (Å²) in [4.78, 5) is 19.6. The molecule has 2 aliphatic rings. The van der Waals surface area contributed by atoms with Gasteiger partial charge in [0.15, 0.2) is 5.65 Å². The maximum atomic E-state index is 13.2. The van der Waals surface area contributed by atoms with Gasteiger partial charge < -0.3 is 25.2 Å². The van der Waals surface area contributed by atoms with Crippen molar-refractivity contribution in [2.75, 3.05) is 36.5 Å². The maximum absolute atomic E-state index is 13.2. The standard InChI is InChI=1S/C22H24ClN5O4/c23-15-8-24-21-17(9-25-28(21)10-15)22(31)26-18-6-14-5-16(12-30)32-20(14)7-19(18)27-3-1-13(11-29)2-4-27/h6-10,13,16,29-30H,1-5,11-12H2,(H,26,31). The molecule has 1 aromatic carbocycles. The number of nitrogens with zero attached hydrogens (tertiary/aromatic N) is 4. The molecule has 1 amide bonds. The molecule has 1 unspecified atom stereocenters. The Hall–Kier alpha value is -2.88. The fourth-order valence-corrected chi connectivity index (χ4v) is 4.51. The molecule has 4 heterocycles. The number of carbonyl (C=O) groups is 1. The van der Waals surface area contributed by atoms with Crippen molar-refractivity contribution in [3.63, 3.8) is 0 Å². The van der Waals surface area contributed by atoms with E-state index in [4.69, 9.17) is 16.3 Å². The van der Waals surface area contributed by atoms with E-state index in [1.54, 1.807) is 6.20 Å². The fourth-order valence-electron chi connectivity index (χ4n) is 4.37. The van der Waals surface area contributed by atoms with E-state index < -0.39 is 0 Å². The number of rotatable bonds is 5. The van der Waals surface area contributed by atoms with Crippen molar-refractivity contribution in [2.24, 2.45) is 5.92 Å². The number of fused-ring (bicyclic) bond motifs is 2. The number of aliphatic hydroxyl groups excluding tert-OH is 2. The second-order valence-corrected chi connectivity index (χ2v) is 8.71. The van der Waals surface area contributed by atoms with Crippen LogP contribution in [0.25, 0.3) is 5.65 Å². The second-order valence-electron chi connectivity index (χ2n) is 8.27. The number of nitrogens with one attached hydrogen (secondary N) is 1. The lowest BCUT2D eigenvalue weighted by molar-refractivity contribution is 0.102. The molecule has 1 saturated heterocycles. The molecule has 10 heteroatoms. The van der Waals surface area contributed by atoms with Gasteiger partial charge >= 0.3 is 0 Å². The van der Waals surface area contributed by atoms with E-state index in [-0.39, 0.29) is 25.2 Å². The maximum Gasteiger partial charge on any atom is 0.261 e. The van der Waals surface area contributed by atoms with Crippen LogP contribution in [0.4, 0.5) is 11.4 Å². The van der Waals surface area contributed by atoms with Crippen LogP contribution in [-0.4, -0.2) is 63.1 Å². The highest BCUT2D eigenvalue weighted by molar-refractivity contribution is 6.30. The summed E-state index contributed by atoms with van der Waals surface area (Å²) in [5.74, 6) is 0.706. The normalized spacial score (nSPS) is 18.6. The van der Waals surface area contributed by atoms with Gasteiger partial charge in [-0.05, 0) is 24.8 Å². The van der Waals surface area contributed by atoms with Crippen LogP contribution >= 0.6 is 11.6 Å². The summed E-state index contributed by atoms with van der Waals surface area (Å²) in [5, 5.41) is 26.6. The lowest BCUT2D eigenvalue weighted by Crippen LogP contribution is -2.35. The van der Waals surface area contributed by atoms with Gasteiger partial charge in [0.05, 0.1) is 35.4 Å². The van der Waals surface area contributed by atoms with Crippen LogP contribution in [-0.2, 0) is 6.42 Å². The molecule has 0 bridgehead atoms. The van der Waals surface area contributed by atoms with Gasteiger partial charge in [-0.3, -0.25) is 4.79 Å². The van der Waals surface area contributed by atoms with E-state index in [1.807, 2.05) is 12.1 Å². The molecule has 32 heavy (non-hydrogen) atoms. The molecular formula is C22H24ClN5O4. The van der Waals surface area contributed by atoms with Gasteiger partial charge in [0.2, 0.25) is 0 Å². The third-order valence-electron chi connectivity index (χ3n) is 6.15. The second kappa shape index (κ2) is 8.57. The van der Waals surface area contributed by atoms with Gasteiger partial charge in [-0.25, -0.2) is 9.50 Å². The molecule has 0 aliphatic carbocycles. The Morgan fingerprint density at radius 2 is 2.03 bits per heavy atom. The molecule has 3 N–H and O–H groups in total. The summed E-state index contributed by atoms with van der Waals surface area (Å²) in [6.45, 7) is 1.67. The van der Waals surface area contributed by atoms with Crippen molar-refractivity contribution in [1.29, 1.82) is 0 Å². The van der Waals surface area contributed by atoms with Crippen LogP contribution in [0, 0.1) is 5.92 Å². The summed E-state index contributed by atoms with van der Waals surface area (Å²) in [6, 6.07) is 3.86. The number of ether oxygens (including phenoxy) is 1. The average molecular weight is 458 g/mol. The Balaban J connectivity index is 1.47. The van der Waals surface area contributed by atoms with Crippen LogP contribution in [0.15, 0.2) is 30.7 Å². The van der Waals surface area contributed by atoms with Gasteiger partial charge in [0, 0.05) is 43.9 Å². The van der Waals surface area contributed by atoms with Gasteiger partial charge in [-0.15, -0.1) is 0 Å². The minimum atomic E-state index is -0.320. The number of aliphatic hydroxyl groups is 2. The highest BCUT2D eigenvalue weighted by Crippen LogP contribution is 2.40. The third kappa shape index (κ3) is 3.87. The monoisotopic (exact) mass is 457 g/mol.